The van der Waals surface area contributed by atoms with Crippen LogP contribution in [0.5, 0.6) is 0 Å². The minimum atomic E-state index is -0.185. The van der Waals surface area contributed by atoms with E-state index in [9.17, 15) is 4.79 Å². The topological polar surface area (TPSA) is 63.2 Å². The van der Waals surface area contributed by atoms with Gasteiger partial charge >= 0.3 is 0 Å². The number of carbonyl (C=O) groups is 1. The normalized spacial score (nSPS) is 17.6. The molecule has 1 fully saturated rings. The molecule has 0 unspecified atom stereocenters. The standard InChI is InChI=1S/C11H15N3O2/c1-11(7-13-8-11)16-6-10(15)14-9-2-4-12-5-3-9/h2-5,13H,6-8H2,1H3,(H,12,14,15). The van der Waals surface area contributed by atoms with Crippen molar-refractivity contribution in [2.75, 3.05) is 25.0 Å². The van der Waals surface area contributed by atoms with Gasteiger partial charge < -0.3 is 15.4 Å². The molecule has 16 heavy (non-hydrogen) atoms. The quantitative estimate of drug-likeness (QED) is 0.772. The summed E-state index contributed by atoms with van der Waals surface area (Å²) >= 11 is 0. The molecule has 86 valence electrons. The molecule has 1 aliphatic rings. The minimum Gasteiger partial charge on any atom is -0.363 e. The van der Waals surface area contributed by atoms with Crippen molar-refractivity contribution in [3.8, 4) is 0 Å². The Bertz CT molecular complexity index is 363. The summed E-state index contributed by atoms with van der Waals surface area (Å²) in [6.07, 6.45) is 3.27. The smallest absolute Gasteiger partial charge is 0.250 e. The van der Waals surface area contributed by atoms with Crippen molar-refractivity contribution in [1.82, 2.24) is 10.3 Å². The Morgan fingerprint density at radius 3 is 2.81 bits per heavy atom. The molecular formula is C11H15N3O2. The van der Waals surface area contributed by atoms with Crippen molar-refractivity contribution in [1.29, 1.82) is 0 Å². The first-order chi connectivity index (χ1) is 7.68. The van der Waals surface area contributed by atoms with E-state index >= 15 is 0 Å². The maximum atomic E-state index is 11.5. The summed E-state index contributed by atoms with van der Waals surface area (Å²) in [6, 6.07) is 3.48. The third-order valence-corrected chi connectivity index (χ3v) is 2.51. The Morgan fingerprint density at radius 2 is 2.25 bits per heavy atom. The fourth-order valence-corrected chi connectivity index (χ4v) is 1.45. The fraction of sp³-hybridized carbons (Fsp3) is 0.455. The van der Waals surface area contributed by atoms with E-state index in [-0.39, 0.29) is 18.1 Å². The third kappa shape index (κ3) is 2.77. The summed E-state index contributed by atoms with van der Waals surface area (Å²) in [5.74, 6) is -0.140. The molecule has 5 nitrogen and oxygen atoms in total. The van der Waals surface area contributed by atoms with E-state index in [0.717, 1.165) is 18.8 Å². The number of rotatable bonds is 4. The van der Waals surface area contributed by atoms with Gasteiger partial charge in [0.05, 0.1) is 5.60 Å². The molecule has 2 heterocycles. The van der Waals surface area contributed by atoms with E-state index in [1.807, 2.05) is 6.92 Å². The van der Waals surface area contributed by atoms with Crippen LogP contribution in [-0.4, -0.2) is 36.2 Å². The summed E-state index contributed by atoms with van der Waals surface area (Å²) < 4.78 is 5.51. The Kier molecular flexibility index (Phi) is 3.17. The molecule has 1 saturated heterocycles. The number of hydrogen-bond donors (Lipinski definition) is 2. The molecule has 0 atom stereocenters. The van der Waals surface area contributed by atoms with Gasteiger partial charge in [0.15, 0.2) is 0 Å². The lowest BCUT2D eigenvalue weighted by atomic mass is 10.0. The van der Waals surface area contributed by atoms with Gasteiger partial charge in [-0.05, 0) is 19.1 Å². The highest BCUT2D eigenvalue weighted by molar-refractivity contribution is 5.91. The first-order valence-corrected chi connectivity index (χ1v) is 5.23. The number of nitrogens with one attached hydrogen (secondary N) is 2. The second kappa shape index (κ2) is 4.59. The highest BCUT2D eigenvalue weighted by atomic mass is 16.5. The van der Waals surface area contributed by atoms with Gasteiger partial charge in [0, 0.05) is 31.2 Å². The van der Waals surface area contributed by atoms with Gasteiger partial charge in [0.1, 0.15) is 6.61 Å². The SMILES string of the molecule is CC1(OCC(=O)Nc2ccncc2)CNC1. The summed E-state index contributed by atoms with van der Waals surface area (Å²) in [5, 5.41) is 5.85. The van der Waals surface area contributed by atoms with E-state index in [2.05, 4.69) is 15.6 Å². The number of amides is 1. The highest BCUT2D eigenvalue weighted by Gasteiger charge is 2.32. The van der Waals surface area contributed by atoms with Gasteiger partial charge in [-0.3, -0.25) is 9.78 Å². The third-order valence-electron chi connectivity index (χ3n) is 2.51. The van der Waals surface area contributed by atoms with Crippen LogP contribution in [0.3, 0.4) is 0 Å². The highest BCUT2D eigenvalue weighted by Crippen LogP contribution is 2.14. The zero-order valence-electron chi connectivity index (χ0n) is 9.19. The molecule has 2 N–H and O–H groups in total. The average molecular weight is 221 g/mol. The first-order valence-electron chi connectivity index (χ1n) is 5.23. The van der Waals surface area contributed by atoms with Crippen LogP contribution in [0, 0.1) is 0 Å². The summed E-state index contributed by atoms with van der Waals surface area (Å²) in [6.45, 7) is 3.68. The second-order valence-corrected chi connectivity index (χ2v) is 4.13. The van der Waals surface area contributed by atoms with Crippen molar-refractivity contribution < 1.29 is 9.53 Å². The lowest BCUT2D eigenvalue weighted by Gasteiger charge is -2.38. The number of aromatic nitrogens is 1. The van der Waals surface area contributed by atoms with Gasteiger partial charge in [-0.15, -0.1) is 0 Å². The van der Waals surface area contributed by atoms with Crippen LogP contribution in [-0.2, 0) is 9.53 Å². The Balaban J connectivity index is 1.76. The van der Waals surface area contributed by atoms with E-state index in [1.165, 1.54) is 0 Å². The molecule has 0 aromatic carbocycles. The van der Waals surface area contributed by atoms with Crippen LogP contribution in [0.4, 0.5) is 5.69 Å². The zero-order valence-corrected chi connectivity index (χ0v) is 9.19. The number of anilines is 1. The van der Waals surface area contributed by atoms with Crippen molar-refractivity contribution in [2.45, 2.75) is 12.5 Å². The zero-order chi connectivity index (χ0) is 11.4. The van der Waals surface area contributed by atoms with Crippen LogP contribution in [0.25, 0.3) is 0 Å². The van der Waals surface area contributed by atoms with Gasteiger partial charge in [-0.1, -0.05) is 0 Å². The predicted octanol–water partition coefficient (Wildman–Crippen LogP) is 0.399. The first kappa shape index (κ1) is 11.0. The van der Waals surface area contributed by atoms with Crippen molar-refractivity contribution >= 4 is 11.6 Å². The van der Waals surface area contributed by atoms with E-state index in [1.54, 1.807) is 24.5 Å². The number of hydrogen-bond acceptors (Lipinski definition) is 4. The molecule has 0 aliphatic carbocycles. The maximum Gasteiger partial charge on any atom is 0.250 e. The summed E-state index contributed by atoms with van der Waals surface area (Å²) in [5.41, 5.74) is 0.552. The van der Waals surface area contributed by atoms with Crippen LogP contribution in [0.2, 0.25) is 0 Å². The summed E-state index contributed by atoms with van der Waals surface area (Å²) in [7, 11) is 0. The molecule has 5 heteroatoms. The maximum absolute atomic E-state index is 11.5. The number of nitrogens with zero attached hydrogens (tertiary/aromatic N) is 1. The minimum absolute atomic E-state index is 0.0838. The van der Waals surface area contributed by atoms with Gasteiger partial charge in [-0.2, -0.15) is 0 Å². The molecule has 1 aromatic heterocycles. The lowest BCUT2D eigenvalue weighted by Crippen LogP contribution is -2.59. The average Bonchev–Trinajstić information content (AvgIpc) is 2.25. The fourth-order valence-electron chi connectivity index (χ4n) is 1.45. The molecule has 0 saturated carbocycles. The van der Waals surface area contributed by atoms with Gasteiger partial charge in [0.2, 0.25) is 5.91 Å². The molecule has 1 aliphatic heterocycles. The second-order valence-electron chi connectivity index (χ2n) is 4.13. The monoisotopic (exact) mass is 221 g/mol. The number of carbonyl (C=O) groups excluding carboxylic acids is 1. The molecule has 2 rings (SSSR count). The Hall–Kier alpha value is -1.46. The van der Waals surface area contributed by atoms with Crippen LogP contribution in [0.15, 0.2) is 24.5 Å². The molecule has 1 amide bonds. The lowest BCUT2D eigenvalue weighted by molar-refractivity contribution is -0.130. The molecule has 0 bridgehead atoms. The van der Waals surface area contributed by atoms with Crippen molar-refractivity contribution in [3.05, 3.63) is 24.5 Å². The van der Waals surface area contributed by atoms with Gasteiger partial charge in [0.25, 0.3) is 0 Å². The number of pyridine rings is 1. The number of ether oxygens (including phenoxy) is 1. The predicted molar refractivity (Wildman–Crippen MR) is 60.1 cm³/mol. The van der Waals surface area contributed by atoms with Crippen LogP contribution < -0.4 is 10.6 Å². The van der Waals surface area contributed by atoms with Crippen molar-refractivity contribution in [2.24, 2.45) is 0 Å². The van der Waals surface area contributed by atoms with Crippen LogP contribution >= 0.6 is 0 Å². The molecule has 0 spiro atoms. The Labute approximate surface area is 94.2 Å². The van der Waals surface area contributed by atoms with E-state index in [0.29, 0.717) is 0 Å². The van der Waals surface area contributed by atoms with Crippen LogP contribution in [0.1, 0.15) is 6.92 Å². The molecule has 1 aromatic rings. The van der Waals surface area contributed by atoms with Gasteiger partial charge in [-0.25, -0.2) is 0 Å². The van der Waals surface area contributed by atoms with E-state index < -0.39 is 0 Å². The van der Waals surface area contributed by atoms with Crippen molar-refractivity contribution in [3.63, 3.8) is 0 Å². The Morgan fingerprint density at radius 1 is 1.56 bits per heavy atom. The molecule has 0 radical (unpaired) electrons. The summed E-state index contributed by atoms with van der Waals surface area (Å²) in [4.78, 5) is 15.4. The van der Waals surface area contributed by atoms with E-state index in [4.69, 9.17) is 4.74 Å². The largest absolute Gasteiger partial charge is 0.363 e. The molecular weight excluding hydrogens is 206 g/mol.